The Morgan fingerprint density at radius 3 is 1.20 bits per heavy atom. The van der Waals surface area contributed by atoms with Crippen LogP contribution >= 0.6 is 0 Å². The number of aliphatic carboxylic acids is 1. The molecule has 0 spiro atoms. The molecule has 81 heavy (non-hydrogen) atoms. The van der Waals surface area contributed by atoms with Gasteiger partial charge in [0, 0.05) is 19.3 Å². The number of allylic oxidation sites excluding steroid dienone is 18. The Morgan fingerprint density at radius 1 is 0.420 bits per heavy atom. The quantitative estimate of drug-likeness (QED) is 0.0228. The van der Waals surface area contributed by atoms with E-state index >= 15 is 0 Å². The smallest absolute Gasteiger partial charge is 0.335 e. The Bertz CT molecular complexity index is 1820. The van der Waals surface area contributed by atoms with Gasteiger partial charge in [-0.2, -0.15) is 0 Å². The molecule has 12 heteroatoms. The van der Waals surface area contributed by atoms with Gasteiger partial charge in [-0.1, -0.05) is 220 Å². The van der Waals surface area contributed by atoms with E-state index in [9.17, 15) is 34.5 Å². The normalized spacial score (nSPS) is 18.5. The SMILES string of the molecule is CC/C=C\C/C=C\C/C=C\C/C=C\CCCCCCC(=O)OCC(COC1OC(C(=O)O)C(O)C(O)C1OC(=O)CCCCCCCCC/C=C\CCCCCCCC)OC(=O)CCCCCC/C=C\C/C=C\C/C=C\C/C=C\CC. The van der Waals surface area contributed by atoms with E-state index in [1.165, 1.54) is 51.4 Å². The third-order valence-electron chi connectivity index (χ3n) is 13.8. The molecule has 1 aliphatic heterocycles. The van der Waals surface area contributed by atoms with E-state index in [0.717, 1.165) is 141 Å². The number of esters is 3. The Morgan fingerprint density at radius 2 is 0.778 bits per heavy atom. The molecule has 0 bridgehead atoms. The first-order valence-corrected chi connectivity index (χ1v) is 31.9. The largest absolute Gasteiger partial charge is 0.479 e. The molecule has 0 aromatic rings. The van der Waals surface area contributed by atoms with E-state index in [-0.39, 0.29) is 25.9 Å². The molecule has 0 saturated carbocycles. The first-order valence-electron chi connectivity index (χ1n) is 31.9. The summed E-state index contributed by atoms with van der Waals surface area (Å²) >= 11 is 0. The highest BCUT2D eigenvalue weighted by atomic mass is 16.7. The van der Waals surface area contributed by atoms with Gasteiger partial charge in [0.15, 0.2) is 24.6 Å². The molecule has 1 aliphatic rings. The molecule has 0 amide bonds. The lowest BCUT2D eigenvalue weighted by atomic mass is 9.98. The van der Waals surface area contributed by atoms with Gasteiger partial charge < -0.3 is 39.0 Å². The van der Waals surface area contributed by atoms with Gasteiger partial charge in [0.05, 0.1) is 6.61 Å². The predicted molar refractivity (Wildman–Crippen MR) is 330 cm³/mol. The highest BCUT2D eigenvalue weighted by Crippen LogP contribution is 2.26. The average Bonchev–Trinajstić information content (AvgIpc) is 3.53. The zero-order valence-electron chi connectivity index (χ0n) is 50.7. The van der Waals surface area contributed by atoms with Gasteiger partial charge >= 0.3 is 23.9 Å². The Balaban J connectivity index is 2.71. The van der Waals surface area contributed by atoms with Crippen molar-refractivity contribution in [3.05, 3.63) is 109 Å². The monoisotopic (exact) mass is 1130 g/mol. The van der Waals surface area contributed by atoms with Crippen molar-refractivity contribution in [2.45, 2.75) is 289 Å². The molecule has 1 saturated heterocycles. The van der Waals surface area contributed by atoms with Crippen molar-refractivity contribution < 1.29 is 58.2 Å². The van der Waals surface area contributed by atoms with Gasteiger partial charge in [0.2, 0.25) is 0 Å². The summed E-state index contributed by atoms with van der Waals surface area (Å²) in [6, 6.07) is 0. The standard InChI is InChI=1S/C69H112O12/c1-4-7-10-13-16-19-22-25-28-31-34-37-40-43-46-49-52-55-61(70)77-58-60(79-62(71)56-53-50-47-44-41-38-35-32-29-26-23-20-17-14-11-8-5-2)59-78-69-67(65(74)64(73)66(81-69)68(75)76)80-63(72)57-54-51-48-45-42-39-36-33-30-27-24-21-18-15-12-9-6-3/h7-8,10-11,16-17,19-20,25-30,34-35,37-38,60,64-67,69,73-74H,4-6,9,12-15,18,21-24,31-33,36,39-59H2,1-3H3,(H,75,76)/b10-7-,11-8-,19-16-,20-17-,28-25-,29-26-,30-27-,37-34-,38-35-. The van der Waals surface area contributed by atoms with Crippen molar-refractivity contribution in [3.63, 3.8) is 0 Å². The summed E-state index contributed by atoms with van der Waals surface area (Å²) < 4.78 is 28.5. The number of carboxylic acids is 1. The number of unbranched alkanes of at least 4 members (excludes halogenated alkanes) is 21. The molecule has 0 aliphatic carbocycles. The number of hydrogen-bond donors (Lipinski definition) is 3. The summed E-state index contributed by atoms with van der Waals surface area (Å²) in [6.45, 7) is 5.73. The van der Waals surface area contributed by atoms with E-state index in [0.29, 0.717) is 19.3 Å². The molecular weight excluding hydrogens is 1020 g/mol. The molecule has 0 radical (unpaired) electrons. The van der Waals surface area contributed by atoms with E-state index < -0.39 is 67.3 Å². The van der Waals surface area contributed by atoms with Crippen LogP contribution in [0.25, 0.3) is 0 Å². The van der Waals surface area contributed by atoms with Gasteiger partial charge in [-0.15, -0.1) is 0 Å². The Kier molecular flexibility index (Phi) is 51.3. The van der Waals surface area contributed by atoms with Crippen LogP contribution < -0.4 is 0 Å². The maximum Gasteiger partial charge on any atom is 0.335 e. The highest BCUT2D eigenvalue weighted by Gasteiger charge is 2.50. The topological polar surface area (TPSA) is 175 Å². The summed E-state index contributed by atoms with van der Waals surface area (Å²) in [4.78, 5) is 51.3. The van der Waals surface area contributed by atoms with Crippen LogP contribution in [-0.4, -0.2) is 89.2 Å². The maximum atomic E-state index is 13.2. The van der Waals surface area contributed by atoms with E-state index in [1.54, 1.807) is 0 Å². The minimum absolute atomic E-state index is 0.0453. The van der Waals surface area contributed by atoms with Crippen LogP contribution in [0.2, 0.25) is 0 Å². The zero-order chi connectivity index (χ0) is 58.9. The fourth-order valence-corrected chi connectivity index (χ4v) is 8.99. The molecule has 6 atom stereocenters. The third-order valence-corrected chi connectivity index (χ3v) is 13.8. The molecule has 1 fully saturated rings. The Labute approximate surface area is 491 Å². The first kappa shape index (κ1) is 74.4. The van der Waals surface area contributed by atoms with Crippen LogP contribution in [0.15, 0.2) is 109 Å². The van der Waals surface area contributed by atoms with Crippen molar-refractivity contribution in [3.8, 4) is 0 Å². The summed E-state index contributed by atoms with van der Waals surface area (Å²) in [5, 5.41) is 31.6. The fraction of sp³-hybridized carbons (Fsp3) is 0.681. The van der Waals surface area contributed by atoms with Crippen LogP contribution in [0.5, 0.6) is 0 Å². The summed E-state index contributed by atoms with van der Waals surface area (Å²) in [6.07, 6.45) is 63.3. The molecule has 0 aromatic carbocycles. The number of aliphatic hydroxyl groups excluding tert-OH is 2. The summed E-state index contributed by atoms with van der Waals surface area (Å²) in [5.41, 5.74) is 0. The van der Waals surface area contributed by atoms with Gasteiger partial charge in [0.25, 0.3) is 0 Å². The van der Waals surface area contributed by atoms with E-state index in [2.05, 4.69) is 130 Å². The maximum absolute atomic E-state index is 13.2. The lowest BCUT2D eigenvalue weighted by Crippen LogP contribution is -2.61. The van der Waals surface area contributed by atoms with Crippen LogP contribution in [0.4, 0.5) is 0 Å². The number of ether oxygens (including phenoxy) is 5. The minimum atomic E-state index is -1.92. The van der Waals surface area contributed by atoms with Crippen LogP contribution in [0.3, 0.4) is 0 Å². The van der Waals surface area contributed by atoms with Crippen molar-refractivity contribution in [2.24, 2.45) is 0 Å². The molecule has 1 rings (SSSR count). The average molecular weight is 1130 g/mol. The second-order valence-corrected chi connectivity index (χ2v) is 21.3. The second kappa shape index (κ2) is 55.9. The predicted octanol–water partition coefficient (Wildman–Crippen LogP) is 17.0. The number of hydrogen-bond acceptors (Lipinski definition) is 11. The van der Waals surface area contributed by atoms with Gasteiger partial charge in [-0.05, 0) is 122 Å². The molecule has 3 N–H and O–H groups in total. The fourth-order valence-electron chi connectivity index (χ4n) is 8.99. The Hall–Kier alpha value is -4.62. The molecule has 460 valence electrons. The van der Waals surface area contributed by atoms with Crippen molar-refractivity contribution in [2.75, 3.05) is 13.2 Å². The number of carboxylic acid groups (broad SMARTS) is 1. The number of carbonyl (C=O) groups excluding carboxylic acids is 3. The first-order chi connectivity index (χ1) is 39.6. The van der Waals surface area contributed by atoms with Crippen molar-refractivity contribution >= 4 is 23.9 Å². The molecule has 6 unspecified atom stereocenters. The lowest BCUT2D eigenvalue weighted by molar-refractivity contribution is -0.301. The lowest BCUT2D eigenvalue weighted by Gasteiger charge is -2.40. The third kappa shape index (κ3) is 45.6. The minimum Gasteiger partial charge on any atom is -0.479 e. The second-order valence-electron chi connectivity index (χ2n) is 21.3. The molecular formula is C69H112O12. The molecule has 0 aromatic heterocycles. The van der Waals surface area contributed by atoms with Crippen LogP contribution in [0.1, 0.15) is 252 Å². The highest BCUT2D eigenvalue weighted by molar-refractivity contribution is 5.74. The van der Waals surface area contributed by atoms with Crippen LogP contribution in [-0.2, 0) is 42.9 Å². The van der Waals surface area contributed by atoms with Gasteiger partial charge in [-0.25, -0.2) is 4.79 Å². The van der Waals surface area contributed by atoms with E-state index in [1.807, 2.05) is 0 Å². The number of aliphatic hydroxyl groups is 2. The van der Waals surface area contributed by atoms with E-state index in [4.69, 9.17) is 23.7 Å². The van der Waals surface area contributed by atoms with Crippen molar-refractivity contribution in [1.29, 1.82) is 0 Å². The summed E-state index contributed by atoms with van der Waals surface area (Å²) in [7, 11) is 0. The molecule has 12 nitrogen and oxygen atoms in total. The van der Waals surface area contributed by atoms with Gasteiger partial charge in [0.1, 0.15) is 18.8 Å². The molecule has 1 heterocycles. The zero-order valence-corrected chi connectivity index (χ0v) is 50.7. The number of carbonyl (C=O) groups is 4. The van der Waals surface area contributed by atoms with Crippen LogP contribution in [0, 0.1) is 0 Å². The number of rotatable bonds is 53. The van der Waals surface area contributed by atoms with Crippen molar-refractivity contribution in [1.82, 2.24) is 0 Å². The summed E-state index contributed by atoms with van der Waals surface area (Å²) in [5.74, 6) is -3.19. The van der Waals surface area contributed by atoms with Gasteiger partial charge in [-0.3, -0.25) is 14.4 Å².